The fraction of sp³-hybridized carbons (Fsp3) is 0.808. The lowest BCUT2D eigenvalue weighted by atomic mass is 9.73. The van der Waals surface area contributed by atoms with Gasteiger partial charge in [-0.1, -0.05) is 13.8 Å². The number of carbonyl (C=O) groups is 1. The first-order valence-electron chi connectivity index (χ1n) is 13.2. The number of ether oxygens (including phenoxy) is 2. The molecule has 1 aromatic rings. The lowest BCUT2D eigenvalue weighted by molar-refractivity contribution is -0.146. The van der Waals surface area contributed by atoms with Crippen molar-refractivity contribution in [1.82, 2.24) is 14.9 Å². The Balaban J connectivity index is 1.26. The van der Waals surface area contributed by atoms with Crippen molar-refractivity contribution in [3.63, 3.8) is 0 Å². The molecule has 0 spiro atoms. The van der Waals surface area contributed by atoms with Crippen molar-refractivity contribution in [3.05, 3.63) is 18.1 Å². The number of alkyl halides is 3. The molecule has 4 heterocycles. The molecule has 5 rings (SSSR count). The fourth-order valence-electron chi connectivity index (χ4n) is 7.19. The van der Waals surface area contributed by atoms with E-state index in [0.717, 1.165) is 45.1 Å². The summed E-state index contributed by atoms with van der Waals surface area (Å²) >= 11 is 0. The van der Waals surface area contributed by atoms with E-state index >= 15 is 0 Å². The molecule has 1 saturated carbocycles. The van der Waals surface area contributed by atoms with Gasteiger partial charge in [0.05, 0.1) is 30.2 Å². The topological polar surface area (TPSA) is 67.8 Å². The quantitative estimate of drug-likeness (QED) is 0.572. The van der Waals surface area contributed by atoms with Gasteiger partial charge in [-0.25, -0.2) is 9.97 Å². The number of hydrogen-bond acceptors (Lipinski definition) is 6. The number of likely N-dealkylation sites (tertiary alicyclic amines) is 1. The fourth-order valence-corrected chi connectivity index (χ4v) is 7.19. The molecule has 7 nitrogen and oxygen atoms in total. The van der Waals surface area contributed by atoms with Gasteiger partial charge >= 0.3 is 6.18 Å². The molecule has 6 atom stereocenters. The number of fused-ring (bicyclic) bond motifs is 2. The molecule has 200 valence electrons. The van der Waals surface area contributed by atoms with Crippen LogP contribution in [0.15, 0.2) is 12.3 Å². The summed E-state index contributed by atoms with van der Waals surface area (Å²) in [6, 6.07) is 1.53. The van der Waals surface area contributed by atoms with Crippen molar-refractivity contribution in [2.24, 2.45) is 23.2 Å². The highest BCUT2D eigenvalue weighted by Crippen LogP contribution is 2.52. The third-order valence-corrected chi connectivity index (χ3v) is 9.25. The molecule has 1 aliphatic carbocycles. The van der Waals surface area contributed by atoms with Crippen LogP contribution >= 0.6 is 0 Å². The van der Waals surface area contributed by atoms with Crippen molar-refractivity contribution in [2.45, 2.75) is 76.7 Å². The molecule has 0 unspecified atom stereocenters. The lowest BCUT2D eigenvalue weighted by Crippen LogP contribution is -2.54. The molecule has 0 aromatic carbocycles. The molecule has 36 heavy (non-hydrogen) atoms. The second-order valence-corrected chi connectivity index (χ2v) is 11.4. The van der Waals surface area contributed by atoms with Gasteiger partial charge in [-0.05, 0) is 62.3 Å². The van der Waals surface area contributed by atoms with Crippen molar-refractivity contribution < 1.29 is 27.4 Å². The largest absolute Gasteiger partial charge is 0.451 e. The Morgan fingerprint density at radius 2 is 2.08 bits per heavy atom. The molecule has 3 aliphatic heterocycles. The van der Waals surface area contributed by atoms with Gasteiger partial charge in [0.15, 0.2) is 0 Å². The molecule has 4 aliphatic rings. The first-order valence-corrected chi connectivity index (χ1v) is 13.2. The molecule has 2 bridgehead atoms. The van der Waals surface area contributed by atoms with E-state index in [1.165, 1.54) is 12.3 Å². The second kappa shape index (κ2) is 9.74. The molecule has 3 saturated heterocycles. The molecular weight excluding hydrogens is 473 g/mol. The maximum Gasteiger partial charge on any atom is 0.451 e. The minimum Gasteiger partial charge on any atom is -0.379 e. The van der Waals surface area contributed by atoms with Crippen LogP contribution in [0, 0.1) is 23.2 Å². The van der Waals surface area contributed by atoms with E-state index in [1.807, 2.05) is 9.80 Å². The van der Waals surface area contributed by atoms with Crippen molar-refractivity contribution in [3.8, 4) is 0 Å². The summed E-state index contributed by atoms with van der Waals surface area (Å²) in [6.45, 7) is 6.79. The van der Waals surface area contributed by atoms with E-state index in [0.29, 0.717) is 37.4 Å². The molecule has 0 N–H and O–H groups in total. The average molecular weight is 511 g/mol. The van der Waals surface area contributed by atoms with E-state index in [2.05, 4.69) is 23.8 Å². The van der Waals surface area contributed by atoms with Gasteiger partial charge in [0.2, 0.25) is 11.7 Å². The zero-order valence-electron chi connectivity index (χ0n) is 21.3. The number of rotatable bonds is 6. The van der Waals surface area contributed by atoms with Gasteiger partial charge in [-0.2, -0.15) is 13.2 Å². The number of aromatic nitrogens is 2. The summed E-state index contributed by atoms with van der Waals surface area (Å²) in [6.07, 6.45) is 2.40. The maximum absolute atomic E-state index is 14.1. The standard InChI is InChI=1S/C26H37F3N4O3/c1-16(2)25(7-4-17(12-25)10-18-6-9-36-15-21(18)35-3)24(34)33-14-19-11-20(33)13-32(19)22-5-8-30-23(31-22)26(27,28)29/h5,8,16-21H,4,6-7,9-15H2,1-3H3/t17-,18+,19-,20-,21+,25-/m0/s1. The van der Waals surface area contributed by atoms with Gasteiger partial charge < -0.3 is 19.3 Å². The lowest BCUT2D eigenvalue weighted by Gasteiger charge is -2.42. The van der Waals surface area contributed by atoms with Crippen LogP contribution in [-0.4, -0.2) is 72.4 Å². The van der Waals surface area contributed by atoms with Crippen LogP contribution < -0.4 is 4.90 Å². The Bertz CT molecular complexity index is 961. The van der Waals surface area contributed by atoms with Gasteiger partial charge in [0, 0.05) is 33.0 Å². The molecule has 10 heteroatoms. The third kappa shape index (κ3) is 4.59. The minimum atomic E-state index is -4.58. The van der Waals surface area contributed by atoms with Crippen molar-refractivity contribution >= 4 is 11.7 Å². The predicted molar refractivity (Wildman–Crippen MR) is 127 cm³/mol. The van der Waals surface area contributed by atoms with E-state index in [9.17, 15) is 18.0 Å². The van der Waals surface area contributed by atoms with Crippen LogP contribution in [0.3, 0.4) is 0 Å². The van der Waals surface area contributed by atoms with Gasteiger partial charge in [-0.15, -0.1) is 0 Å². The van der Waals surface area contributed by atoms with Crippen LogP contribution in [0.4, 0.5) is 19.0 Å². The van der Waals surface area contributed by atoms with Crippen molar-refractivity contribution in [2.75, 3.05) is 38.3 Å². The summed E-state index contributed by atoms with van der Waals surface area (Å²) < 4.78 is 50.6. The maximum atomic E-state index is 14.1. The van der Waals surface area contributed by atoms with Crippen LogP contribution in [-0.2, 0) is 20.4 Å². The average Bonchev–Trinajstić information content (AvgIpc) is 3.58. The van der Waals surface area contributed by atoms with Gasteiger partial charge in [-0.3, -0.25) is 4.79 Å². The Kier molecular flexibility index (Phi) is 6.95. The predicted octanol–water partition coefficient (Wildman–Crippen LogP) is 4.17. The van der Waals surface area contributed by atoms with E-state index in [1.54, 1.807) is 7.11 Å². The van der Waals surface area contributed by atoms with E-state index in [-0.39, 0.29) is 35.4 Å². The third-order valence-electron chi connectivity index (χ3n) is 9.25. The number of nitrogens with zero attached hydrogens (tertiary/aromatic N) is 4. The Labute approximate surface area is 210 Å². The summed E-state index contributed by atoms with van der Waals surface area (Å²) in [5, 5.41) is 0. The van der Waals surface area contributed by atoms with Crippen LogP contribution in [0.5, 0.6) is 0 Å². The normalized spacial score (nSPS) is 34.7. The highest BCUT2D eigenvalue weighted by Gasteiger charge is 2.54. The highest BCUT2D eigenvalue weighted by atomic mass is 19.4. The number of hydrogen-bond donors (Lipinski definition) is 0. The van der Waals surface area contributed by atoms with E-state index < -0.39 is 12.0 Å². The number of amides is 1. The van der Waals surface area contributed by atoms with Crippen LogP contribution in [0.1, 0.15) is 58.2 Å². The van der Waals surface area contributed by atoms with Crippen LogP contribution in [0.25, 0.3) is 0 Å². The second-order valence-electron chi connectivity index (χ2n) is 11.4. The zero-order chi connectivity index (χ0) is 25.7. The number of halogens is 3. The summed E-state index contributed by atoms with van der Waals surface area (Å²) in [4.78, 5) is 25.2. The molecule has 1 aromatic heterocycles. The minimum absolute atomic E-state index is 0.00911. The summed E-state index contributed by atoms with van der Waals surface area (Å²) in [5.74, 6) is 0.607. The molecule has 1 amide bonds. The summed E-state index contributed by atoms with van der Waals surface area (Å²) in [5.41, 5.74) is -0.369. The van der Waals surface area contributed by atoms with E-state index in [4.69, 9.17) is 9.47 Å². The van der Waals surface area contributed by atoms with Gasteiger partial charge in [0.1, 0.15) is 5.82 Å². The Morgan fingerprint density at radius 3 is 2.75 bits per heavy atom. The highest BCUT2D eigenvalue weighted by molar-refractivity contribution is 5.84. The molecule has 4 fully saturated rings. The van der Waals surface area contributed by atoms with Crippen LogP contribution in [0.2, 0.25) is 0 Å². The van der Waals surface area contributed by atoms with Gasteiger partial charge in [0.25, 0.3) is 0 Å². The zero-order valence-corrected chi connectivity index (χ0v) is 21.3. The number of piperazine rings is 1. The number of anilines is 1. The Morgan fingerprint density at radius 1 is 1.28 bits per heavy atom. The SMILES string of the molecule is CO[C@@H]1COCC[C@@H]1C[C@@H]1CC[C@@](C(=O)N2C[C@@H]3C[C@H]2CN3c2ccnc(C(F)(F)F)n2)(C(C)C)C1. The Hall–Kier alpha value is -1.94. The number of carbonyl (C=O) groups excluding carboxylic acids is 1. The monoisotopic (exact) mass is 510 g/mol. The first kappa shape index (κ1) is 25.7. The molecular formula is C26H37F3N4O3. The first-order chi connectivity index (χ1) is 17.1. The smallest absolute Gasteiger partial charge is 0.379 e. The number of methoxy groups -OCH3 is 1. The molecule has 0 radical (unpaired) electrons. The van der Waals surface area contributed by atoms with Crippen molar-refractivity contribution in [1.29, 1.82) is 0 Å². The summed E-state index contributed by atoms with van der Waals surface area (Å²) in [7, 11) is 1.75.